The van der Waals surface area contributed by atoms with Gasteiger partial charge in [0.2, 0.25) is 0 Å². The van der Waals surface area contributed by atoms with Gasteiger partial charge in [-0.1, -0.05) is 23.7 Å². The molecule has 5 heteroatoms. The van der Waals surface area contributed by atoms with Gasteiger partial charge < -0.3 is 4.90 Å². The Hall–Kier alpha value is -1.81. The molecular formula is C14H16ClN3O. The summed E-state index contributed by atoms with van der Waals surface area (Å²) in [7, 11) is 1.77. The van der Waals surface area contributed by atoms with E-state index < -0.39 is 0 Å². The van der Waals surface area contributed by atoms with Crippen LogP contribution in [0.4, 0.5) is 0 Å². The lowest BCUT2D eigenvalue weighted by atomic mass is 10.1. The van der Waals surface area contributed by atoms with E-state index in [9.17, 15) is 4.79 Å². The van der Waals surface area contributed by atoms with Crippen LogP contribution in [0.3, 0.4) is 0 Å². The fourth-order valence-electron chi connectivity index (χ4n) is 2.04. The minimum absolute atomic E-state index is 0.0382. The number of benzene rings is 1. The monoisotopic (exact) mass is 277 g/mol. The Bertz CT molecular complexity index is 587. The highest BCUT2D eigenvalue weighted by atomic mass is 35.5. The molecule has 0 fully saturated rings. The topological polar surface area (TPSA) is 49.0 Å². The number of nitrogens with zero attached hydrogens (tertiary/aromatic N) is 2. The first kappa shape index (κ1) is 13.6. The van der Waals surface area contributed by atoms with Gasteiger partial charge in [-0.15, -0.1) is 0 Å². The zero-order valence-corrected chi connectivity index (χ0v) is 12.0. The number of hydrogen-bond donors (Lipinski definition) is 1. The van der Waals surface area contributed by atoms with Crippen molar-refractivity contribution in [2.45, 2.75) is 20.4 Å². The Morgan fingerprint density at radius 3 is 2.74 bits per heavy atom. The second kappa shape index (κ2) is 5.45. The number of nitrogens with one attached hydrogen (secondary N) is 1. The van der Waals surface area contributed by atoms with E-state index in [-0.39, 0.29) is 5.91 Å². The molecule has 4 nitrogen and oxygen atoms in total. The maximum absolute atomic E-state index is 12.4. The van der Waals surface area contributed by atoms with Crippen molar-refractivity contribution < 1.29 is 4.79 Å². The number of carbonyl (C=O) groups is 1. The van der Waals surface area contributed by atoms with Crippen molar-refractivity contribution in [1.29, 1.82) is 0 Å². The quantitative estimate of drug-likeness (QED) is 0.938. The molecule has 0 saturated heterocycles. The minimum atomic E-state index is -0.0382. The van der Waals surface area contributed by atoms with Crippen molar-refractivity contribution >= 4 is 17.5 Å². The number of aryl methyl sites for hydroxylation is 2. The van der Waals surface area contributed by atoms with Crippen LogP contribution in [0.25, 0.3) is 0 Å². The molecule has 100 valence electrons. The maximum Gasteiger partial charge on any atom is 0.257 e. The SMILES string of the molecule is Cc1n[nH]c(C)c1C(=O)N(C)Cc1cccc(Cl)c1. The summed E-state index contributed by atoms with van der Waals surface area (Å²) >= 11 is 5.94. The van der Waals surface area contributed by atoms with Gasteiger partial charge in [0.1, 0.15) is 0 Å². The van der Waals surface area contributed by atoms with Gasteiger partial charge in [-0.05, 0) is 31.5 Å². The Morgan fingerprint density at radius 1 is 1.42 bits per heavy atom. The van der Waals surface area contributed by atoms with Crippen molar-refractivity contribution in [3.05, 3.63) is 51.8 Å². The van der Waals surface area contributed by atoms with E-state index in [4.69, 9.17) is 11.6 Å². The first-order chi connectivity index (χ1) is 8.99. The van der Waals surface area contributed by atoms with E-state index in [1.807, 2.05) is 38.1 Å². The molecular weight excluding hydrogens is 262 g/mol. The largest absolute Gasteiger partial charge is 0.337 e. The molecule has 1 N–H and O–H groups in total. The molecule has 1 heterocycles. The highest BCUT2D eigenvalue weighted by Gasteiger charge is 2.19. The predicted octanol–water partition coefficient (Wildman–Crippen LogP) is 2.95. The van der Waals surface area contributed by atoms with Gasteiger partial charge in [0, 0.05) is 24.3 Å². The molecule has 1 aromatic carbocycles. The van der Waals surface area contributed by atoms with Crippen LogP contribution >= 0.6 is 11.6 Å². The van der Waals surface area contributed by atoms with Crippen LogP contribution in [0.15, 0.2) is 24.3 Å². The van der Waals surface area contributed by atoms with E-state index in [2.05, 4.69) is 10.2 Å². The summed E-state index contributed by atoms with van der Waals surface area (Å²) in [4.78, 5) is 14.0. The molecule has 0 bridgehead atoms. The summed E-state index contributed by atoms with van der Waals surface area (Å²) in [5.74, 6) is -0.0382. The summed E-state index contributed by atoms with van der Waals surface area (Å²) in [6.07, 6.45) is 0. The van der Waals surface area contributed by atoms with Crippen molar-refractivity contribution in [2.24, 2.45) is 0 Å². The molecule has 19 heavy (non-hydrogen) atoms. The van der Waals surface area contributed by atoms with Crippen LogP contribution in [0.5, 0.6) is 0 Å². The first-order valence-corrected chi connectivity index (χ1v) is 6.38. The maximum atomic E-state index is 12.4. The van der Waals surface area contributed by atoms with Gasteiger partial charge in [0.15, 0.2) is 0 Å². The number of H-pyrrole nitrogens is 1. The molecule has 2 rings (SSSR count). The zero-order chi connectivity index (χ0) is 14.0. The highest BCUT2D eigenvalue weighted by Crippen LogP contribution is 2.16. The number of hydrogen-bond acceptors (Lipinski definition) is 2. The fourth-order valence-corrected chi connectivity index (χ4v) is 2.25. The zero-order valence-electron chi connectivity index (χ0n) is 11.2. The summed E-state index contributed by atoms with van der Waals surface area (Å²) in [6, 6.07) is 7.51. The van der Waals surface area contributed by atoms with E-state index in [0.717, 1.165) is 17.0 Å². The van der Waals surface area contributed by atoms with Crippen LogP contribution in [0.1, 0.15) is 27.3 Å². The lowest BCUT2D eigenvalue weighted by molar-refractivity contribution is 0.0783. The Balaban J connectivity index is 2.16. The average Bonchev–Trinajstić information content (AvgIpc) is 2.68. The van der Waals surface area contributed by atoms with Gasteiger partial charge in [-0.2, -0.15) is 5.10 Å². The molecule has 0 aliphatic rings. The molecule has 0 saturated carbocycles. The third kappa shape index (κ3) is 2.96. The van der Waals surface area contributed by atoms with Crippen LogP contribution < -0.4 is 0 Å². The van der Waals surface area contributed by atoms with Gasteiger partial charge in [0.25, 0.3) is 5.91 Å². The molecule has 0 atom stereocenters. The van der Waals surface area contributed by atoms with Crippen molar-refractivity contribution in [1.82, 2.24) is 15.1 Å². The highest BCUT2D eigenvalue weighted by molar-refractivity contribution is 6.30. The number of carbonyl (C=O) groups excluding carboxylic acids is 1. The Morgan fingerprint density at radius 2 is 2.16 bits per heavy atom. The fraction of sp³-hybridized carbons (Fsp3) is 0.286. The van der Waals surface area contributed by atoms with Crippen LogP contribution in [0, 0.1) is 13.8 Å². The second-order valence-corrected chi connectivity index (χ2v) is 5.04. The average molecular weight is 278 g/mol. The third-order valence-corrected chi connectivity index (χ3v) is 3.23. The predicted molar refractivity (Wildman–Crippen MR) is 75.3 cm³/mol. The number of amides is 1. The van der Waals surface area contributed by atoms with E-state index in [1.165, 1.54) is 0 Å². The molecule has 0 spiro atoms. The summed E-state index contributed by atoms with van der Waals surface area (Å²) < 4.78 is 0. The lowest BCUT2D eigenvalue weighted by Crippen LogP contribution is -2.27. The number of halogens is 1. The number of rotatable bonds is 3. The van der Waals surface area contributed by atoms with Crippen LogP contribution in [-0.4, -0.2) is 28.1 Å². The van der Waals surface area contributed by atoms with Gasteiger partial charge in [0.05, 0.1) is 11.3 Å². The summed E-state index contributed by atoms with van der Waals surface area (Å²) in [6.45, 7) is 4.19. The molecule has 1 aromatic heterocycles. The van der Waals surface area contributed by atoms with Crippen LogP contribution in [0.2, 0.25) is 5.02 Å². The smallest absolute Gasteiger partial charge is 0.257 e. The molecule has 0 aliphatic heterocycles. The first-order valence-electron chi connectivity index (χ1n) is 6.00. The van der Waals surface area contributed by atoms with Gasteiger partial charge in [-0.3, -0.25) is 9.89 Å². The van der Waals surface area contributed by atoms with E-state index >= 15 is 0 Å². The normalized spacial score (nSPS) is 10.5. The molecule has 1 amide bonds. The standard InChI is InChI=1S/C14H16ClN3O/c1-9-13(10(2)17-16-9)14(19)18(3)8-11-5-4-6-12(15)7-11/h4-7H,8H2,1-3H3,(H,16,17). The van der Waals surface area contributed by atoms with Gasteiger partial charge >= 0.3 is 0 Å². The van der Waals surface area contributed by atoms with Gasteiger partial charge in [-0.25, -0.2) is 0 Å². The summed E-state index contributed by atoms with van der Waals surface area (Å²) in [5, 5.41) is 7.55. The summed E-state index contributed by atoms with van der Waals surface area (Å²) in [5.41, 5.74) is 3.16. The number of aromatic nitrogens is 2. The van der Waals surface area contributed by atoms with Crippen LogP contribution in [-0.2, 0) is 6.54 Å². The molecule has 0 unspecified atom stereocenters. The van der Waals surface area contributed by atoms with E-state index in [0.29, 0.717) is 17.1 Å². The van der Waals surface area contributed by atoms with Crippen molar-refractivity contribution in [2.75, 3.05) is 7.05 Å². The number of aromatic amines is 1. The molecule has 0 radical (unpaired) electrons. The molecule has 2 aromatic rings. The van der Waals surface area contributed by atoms with Crippen molar-refractivity contribution in [3.63, 3.8) is 0 Å². The Labute approximate surface area is 117 Å². The van der Waals surface area contributed by atoms with Crippen molar-refractivity contribution in [3.8, 4) is 0 Å². The minimum Gasteiger partial charge on any atom is -0.337 e. The third-order valence-electron chi connectivity index (χ3n) is 3.00. The molecule has 0 aliphatic carbocycles. The Kier molecular flexibility index (Phi) is 3.90. The second-order valence-electron chi connectivity index (χ2n) is 4.60. The van der Waals surface area contributed by atoms with E-state index in [1.54, 1.807) is 11.9 Å². The lowest BCUT2D eigenvalue weighted by Gasteiger charge is -2.17.